The van der Waals surface area contributed by atoms with Gasteiger partial charge in [-0.3, -0.25) is 0 Å². The number of nitrogens with zero attached hydrogens (tertiary/aromatic N) is 1. The van der Waals surface area contributed by atoms with Crippen LogP contribution in [-0.2, 0) is 0 Å². The molecule has 0 amide bonds. The highest BCUT2D eigenvalue weighted by Crippen LogP contribution is 2.40. The Balaban J connectivity index is 1.02. The molecule has 2 heterocycles. The lowest BCUT2D eigenvalue weighted by atomic mass is 9.92. The molecule has 9 aromatic carbocycles. The summed E-state index contributed by atoms with van der Waals surface area (Å²) in [6.07, 6.45) is 0. The number of hydrogen-bond donors (Lipinski definition) is 0. The molecule has 0 aliphatic carbocycles. The van der Waals surface area contributed by atoms with Gasteiger partial charge in [0.05, 0.1) is 0 Å². The van der Waals surface area contributed by atoms with E-state index in [9.17, 15) is 0 Å². The van der Waals surface area contributed by atoms with Crippen LogP contribution in [0.5, 0.6) is 0 Å². The fraction of sp³-hybridized carbons (Fsp3) is 0. The Kier molecular flexibility index (Phi) is 7.82. The Morgan fingerprint density at radius 2 is 0.579 bits per heavy atom. The van der Waals surface area contributed by atoms with Crippen LogP contribution in [0.4, 0.5) is 17.1 Å². The Labute approximate surface area is 330 Å². The van der Waals surface area contributed by atoms with Crippen molar-refractivity contribution in [3.05, 3.63) is 212 Å². The van der Waals surface area contributed by atoms with Gasteiger partial charge >= 0.3 is 0 Å². The van der Waals surface area contributed by atoms with E-state index in [2.05, 4.69) is 193 Å². The second kappa shape index (κ2) is 13.6. The molecule has 0 saturated carbocycles. The summed E-state index contributed by atoms with van der Waals surface area (Å²) >= 11 is 0. The Hall–Kier alpha value is -7.62. The van der Waals surface area contributed by atoms with Gasteiger partial charge in [0.15, 0.2) is 0 Å². The van der Waals surface area contributed by atoms with Crippen molar-refractivity contribution in [3.63, 3.8) is 0 Å². The van der Waals surface area contributed by atoms with E-state index in [0.29, 0.717) is 0 Å². The molecule has 0 aliphatic rings. The highest BCUT2D eigenvalue weighted by Gasteiger charge is 2.16. The minimum Gasteiger partial charge on any atom is -0.456 e. The fourth-order valence-corrected chi connectivity index (χ4v) is 8.20. The van der Waals surface area contributed by atoms with Crippen molar-refractivity contribution in [2.45, 2.75) is 0 Å². The summed E-state index contributed by atoms with van der Waals surface area (Å²) in [7, 11) is 0. The monoisotopic (exact) mass is 729 g/mol. The number of furan rings is 2. The van der Waals surface area contributed by atoms with Crippen LogP contribution in [0, 0.1) is 0 Å². The van der Waals surface area contributed by atoms with Crippen LogP contribution in [0.25, 0.3) is 88.4 Å². The SMILES string of the molecule is c1ccc(-c2ccc(N(c3ccccc3)c3ccc(-c4cc(-c5ccc6c(c5)oc5ccccc56)cc(-c5ccc6c(c5)oc5ccccc56)c4)cc3)cc2)cc1. The number of para-hydroxylation sites is 3. The quantitative estimate of drug-likeness (QED) is 0.164. The molecule has 0 atom stereocenters. The standard InChI is InChI=1S/C54H35NO2/c1-3-11-36(12-4-1)37-19-25-45(26-20-37)55(44-13-5-2-6-14-44)46-27-21-38(22-28-46)41-31-42(39-23-29-49-47-15-7-9-17-51(47)56-53(49)34-39)33-43(32-41)40-24-30-50-48-16-8-10-18-52(48)57-54(50)35-40/h1-35H. The lowest BCUT2D eigenvalue weighted by Gasteiger charge is -2.26. The van der Waals surface area contributed by atoms with Crippen molar-refractivity contribution in [1.29, 1.82) is 0 Å². The highest BCUT2D eigenvalue weighted by atomic mass is 16.3. The second-order valence-corrected chi connectivity index (χ2v) is 14.5. The minimum absolute atomic E-state index is 0.881. The van der Waals surface area contributed by atoms with Crippen molar-refractivity contribution < 1.29 is 8.83 Å². The third-order valence-electron chi connectivity index (χ3n) is 11.1. The third-order valence-corrected chi connectivity index (χ3v) is 11.1. The zero-order chi connectivity index (χ0) is 37.7. The molecule has 0 aliphatic heterocycles. The van der Waals surface area contributed by atoms with E-state index < -0.39 is 0 Å². The first kappa shape index (κ1) is 32.8. The van der Waals surface area contributed by atoms with Crippen molar-refractivity contribution in [2.24, 2.45) is 0 Å². The summed E-state index contributed by atoms with van der Waals surface area (Å²) in [5, 5.41) is 4.50. The van der Waals surface area contributed by atoms with E-state index in [1.54, 1.807) is 0 Å². The smallest absolute Gasteiger partial charge is 0.136 e. The summed E-state index contributed by atoms with van der Waals surface area (Å²) in [4.78, 5) is 2.31. The molecule has 0 fully saturated rings. The molecule has 3 heteroatoms. The van der Waals surface area contributed by atoms with Crippen LogP contribution in [0.1, 0.15) is 0 Å². The number of hydrogen-bond acceptors (Lipinski definition) is 3. The molecule has 0 radical (unpaired) electrons. The zero-order valence-electron chi connectivity index (χ0n) is 31.0. The van der Waals surface area contributed by atoms with Gasteiger partial charge in [0.2, 0.25) is 0 Å². The average molecular weight is 730 g/mol. The molecule has 268 valence electrons. The molecule has 11 rings (SSSR count). The van der Waals surface area contributed by atoms with Crippen LogP contribution < -0.4 is 4.90 Å². The molecule has 0 N–H and O–H groups in total. The third kappa shape index (κ3) is 5.94. The fourth-order valence-electron chi connectivity index (χ4n) is 8.20. The van der Waals surface area contributed by atoms with E-state index in [1.807, 2.05) is 24.3 Å². The molecule has 0 saturated heterocycles. The highest BCUT2D eigenvalue weighted by molar-refractivity contribution is 6.07. The lowest BCUT2D eigenvalue weighted by Crippen LogP contribution is -2.09. The molecule has 0 spiro atoms. The van der Waals surface area contributed by atoms with Crippen LogP contribution in [0.15, 0.2) is 221 Å². The summed E-state index contributed by atoms with van der Waals surface area (Å²) in [5.41, 5.74) is 15.9. The summed E-state index contributed by atoms with van der Waals surface area (Å²) in [5.74, 6) is 0. The Bertz CT molecular complexity index is 3080. The number of rotatable bonds is 7. The van der Waals surface area contributed by atoms with E-state index in [0.717, 1.165) is 94.3 Å². The molecule has 0 unspecified atom stereocenters. The van der Waals surface area contributed by atoms with Crippen molar-refractivity contribution in [3.8, 4) is 44.5 Å². The van der Waals surface area contributed by atoms with Gasteiger partial charge in [0, 0.05) is 38.6 Å². The van der Waals surface area contributed by atoms with E-state index in [1.165, 1.54) is 11.1 Å². The molecule has 2 aromatic heterocycles. The van der Waals surface area contributed by atoms with Crippen molar-refractivity contribution in [1.82, 2.24) is 0 Å². The Morgan fingerprint density at radius 1 is 0.228 bits per heavy atom. The lowest BCUT2D eigenvalue weighted by molar-refractivity contribution is 0.668. The summed E-state index contributed by atoms with van der Waals surface area (Å²) in [6.45, 7) is 0. The zero-order valence-corrected chi connectivity index (χ0v) is 31.0. The molecular formula is C54H35NO2. The van der Waals surface area contributed by atoms with Crippen LogP contribution in [0.3, 0.4) is 0 Å². The van der Waals surface area contributed by atoms with Gasteiger partial charge in [-0.25, -0.2) is 0 Å². The maximum absolute atomic E-state index is 6.34. The van der Waals surface area contributed by atoms with E-state index in [-0.39, 0.29) is 0 Å². The minimum atomic E-state index is 0.881. The van der Waals surface area contributed by atoms with Gasteiger partial charge in [-0.1, -0.05) is 121 Å². The number of benzene rings is 9. The normalized spacial score (nSPS) is 11.5. The molecule has 3 nitrogen and oxygen atoms in total. The van der Waals surface area contributed by atoms with Crippen LogP contribution in [-0.4, -0.2) is 0 Å². The van der Waals surface area contributed by atoms with E-state index >= 15 is 0 Å². The summed E-state index contributed by atoms with van der Waals surface area (Å²) < 4.78 is 12.7. The maximum Gasteiger partial charge on any atom is 0.136 e. The predicted octanol–water partition coefficient (Wildman–Crippen LogP) is 15.6. The second-order valence-electron chi connectivity index (χ2n) is 14.5. The maximum atomic E-state index is 6.34. The Morgan fingerprint density at radius 3 is 1.09 bits per heavy atom. The van der Waals surface area contributed by atoms with Gasteiger partial charge in [-0.15, -0.1) is 0 Å². The summed E-state index contributed by atoms with van der Waals surface area (Å²) in [6, 6.07) is 75.3. The van der Waals surface area contributed by atoms with Gasteiger partial charge < -0.3 is 13.7 Å². The van der Waals surface area contributed by atoms with Crippen molar-refractivity contribution in [2.75, 3.05) is 4.90 Å². The van der Waals surface area contributed by atoms with Gasteiger partial charge in [0.25, 0.3) is 0 Å². The average Bonchev–Trinajstić information content (AvgIpc) is 3.85. The first-order valence-corrected chi connectivity index (χ1v) is 19.3. The van der Waals surface area contributed by atoms with Gasteiger partial charge in [-0.05, 0) is 136 Å². The first-order valence-electron chi connectivity index (χ1n) is 19.3. The number of fused-ring (bicyclic) bond motifs is 6. The van der Waals surface area contributed by atoms with Gasteiger partial charge in [0.1, 0.15) is 22.3 Å². The van der Waals surface area contributed by atoms with Gasteiger partial charge in [-0.2, -0.15) is 0 Å². The van der Waals surface area contributed by atoms with Crippen LogP contribution in [0.2, 0.25) is 0 Å². The molecule has 11 aromatic rings. The molecular weight excluding hydrogens is 695 g/mol. The van der Waals surface area contributed by atoms with Crippen LogP contribution >= 0.6 is 0 Å². The van der Waals surface area contributed by atoms with Crippen molar-refractivity contribution >= 4 is 60.9 Å². The predicted molar refractivity (Wildman–Crippen MR) is 237 cm³/mol. The first-order chi connectivity index (χ1) is 28.2. The number of anilines is 3. The molecule has 57 heavy (non-hydrogen) atoms. The van der Waals surface area contributed by atoms with E-state index in [4.69, 9.17) is 8.83 Å². The topological polar surface area (TPSA) is 29.5 Å². The molecule has 0 bridgehead atoms. The largest absolute Gasteiger partial charge is 0.456 e.